The van der Waals surface area contributed by atoms with E-state index in [-0.39, 0.29) is 23.0 Å². The van der Waals surface area contributed by atoms with E-state index in [1.54, 1.807) is 30.3 Å². The Morgan fingerprint density at radius 3 is 2.46 bits per heavy atom. The minimum atomic E-state index is -1.13. The number of nitrogens with one attached hydrogen (secondary N) is 1. The molecule has 1 fully saturated rings. The molecular weight excluding hydrogens is 338 g/mol. The van der Waals surface area contributed by atoms with Gasteiger partial charge in [-0.25, -0.2) is 4.79 Å². The molecule has 8 nitrogen and oxygen atoms in total. The van der Waals surface area contributed by atoms with Crippen LogP contribution in [0.2, 0.25) is 0 Å². The maximum atomic E-state index is 12.5. The number of rotatable bonds is 6. The SMILES string of the molecule is Nc1cc([N+](=O)[O-])ccc1C(=O)O[C@H](C(=O)NC1CC1)c1ccccc1. The van der Waals surface area contributed by atoms with Gasteiger partial charge < -0.3 is 15.8 Å². The van der Waals surface area contributed by atoms with Crippen LogP contribution in [-0.4, -0.2) is 22.8 Å². The van der Waals surface area contributed by atoms with Crippen LogP contribution in [0.5, 0.6) is 0 Å². The lowest BCUT2D eigenvalue weighted by molar-refractivity contribution is -0.384. The second kappa shape index (κ2) is 7.22. The number of hydrogen-bond donors (Lipinski definition) is 2. The quantitative estimate of drug-likeness (QED) is 0.355. The molecule has 8 heteroatoms. The average Bonchev–Trinajstić information content (AvgIpc) is 3.43. The first-order chi connectivity index (χ1) is 12.5. The average molecular weight is 355 g/mol. The molecule has 1 atom stereocenters. The molecule has 26 heavy (non-hydrogen) atoms. The number of nitrogen functional groups attached to an aromatic ring is 1. The number of carbonyl (C=O) groups excluding carboxylic acids is 2. The highest BCUT2D eigenvalue weighted by Gasteiger charge is 2.31. The van der Waals surface area contributed by atoms with Crippen molar-refractivity contribution in [3.05, 3.63) is 69.8 Å². The fraction of sp³-hybridized carbons (Fsp3) is 0.222. The molecule has 0 unspecified atom stereocenters. The first kappa shape index (κ1) is 17.4. The van der Waals surface area contributed by atoms with Gasteiger partial charge in [-0.15, -0.1) is 0 Å². The van der Waals surface area contributed by atoms with Gasteiger partial charge in [-0.05, 0) is 18.9 Å². The van der Waals surface area contributed by atoms with E-state index in [9.17, 15) is 19.7 Å². The Balaban J connectivity index is 1.82. The summed E-state index contributed by atoms with van der Waals surface area (Å²) in [7, 11) is 0. The summed E-state index contributed by atoms with van der Waals surface area (Å²) in [5, 5.41) is 13.6. The van der Waals surface area contributed by atoms with E-state index in [0.29, 0.717) is 5.56 Å². The first-order valence-corrected chi connectivity index (χ1v) is 8.06. The number of carbonyl (C=O) groups is 2. The molecule has 1 saturated carbocycles. The lowest BCUT2D eigenvalue weighted by atomic mass is 10.1. The number of nitrogens with zero attached hydrogens (tertiary/aromatic N) is 1. The Morgan fingerprint density at radius 2 is 1.88 bits per heavy atom. The van der Waals surface area contributed by atoms with Crippen molar-refractivity contribution in [3.8, 4) is 0 Å². The molecule has 2 aromatic carbocycles. The Labute approximate surface area is 149 Å². The van der Waals surface area contributed by atoms with Crippen LogP contribution in [0.4, 0.5) is 11.4 Å². The second-order valence-corrected chi connectivity index (χ2v) is 6.01. The molecule has 0 saturated heterocycles. The number of nitrogens with two attached hydrogens (primary N) is 1. The van der Waals surface area contributed by atoms with Gasteiger partial charge in [-0.1, -0.05) is 30.3 Å². The predicted octanol–water partition coefficient (Wildman–Crippen LogP) is 2.35. The van der Waals surface area contributed by atoms with Crippen LogP contribution in [0.15, 0.2) is 48.5 Å². The number of anilines is 1. The molecule has 0 heterocycles. The van der Waals surface area contributed by atoms with Crippen molar-refractivity contribution in [1.82, 2.24) is 5.32 Å². The number of hydrogen-bond acceptors (Lipinski definition) is 6. The van der Waals surface area contributed by atoms with Crippen LogP contribution in [-0.2, 0) is 9.53 Å². The molecule has 134 valence electrons. The fourth-order valence-electron chi connectivity index (χ4n) is 2.43. The van der Waals surface area contributed by atoms with Gasteiger partial charge in [-0.3, -0.25) is 14.9 Å². The Bertz CT molecular complexity index is 849. The Kier molecular flexibility index (Phi) is 4.83. The summed E-state index contributed by atoms with van der Waals surface area (Å²) in [6.45, 7) is 0. The summed E-state index contributed by atoms with van der Waals surface area (Å²) in [5.41, 5.74) is 5.92. The molecule has 1 aliphatic rings. The second-order valence-electron chi connectivity index (χ2n) is 6.01. The zero-order valence-electron chi connectivity index (χ0n) is 13.8. The van der Waals surface area contributed by atoms with Crippen molar-refractivity contribution in [2.45, 2.75) is 25.0 Å². The predicted molar refractivity (Wildman–Crippen MR) is 93.3 cm³/mol. The maximum absolute atomic E-state index is 12.5. The van der Waals surface area contributed by atoms with E-state index in [0.717, 1.165) is 25.0 Å². The summed E-state index contributed by atoms with van der Waals surface area (Å²) in [4.78, 5) is 35.1. The normalized spacial score (nSPS) is 14.3. The van der Waals surface area contributed by atoms with E-state index >= 15 is 0 Å². The van der Waals surface area contributed by atoms with Crippen molar-refractivity contribution in [3.63, 3.8) is 0 Å². The summed E-state index contributed by atoms with van der Waals surface area (Å²) < 4.78 is 5.39. The van der Waals surface area contributed by atoms with Gasteiger partial charge in [0.05, 0.1) is 16.2 Å². The standard InChI is InChI=1S/C18H17N3O5/c19-15-10-13(21(24)25)8-9-14(15)18(23)26-16(11-4-2-1-3-5-11)17(22)20-12-6-7-12/h1-5,8-10,12,16H,6-7,19H2,(H,20,22)/t16-/m0/s1. The largest absolute Gasteiger partial charge is 0.444 e. The fourth-order valence-corrected chi connectivity index (χ4v) is 2.43. The smallest absolute Gasteiger partial charge is 0.341 e. The zero-order chi connectivity index (χ0) is 18.7. The number of benzene rings is 2. The molecule has 0 radical (unpaired) electrons. The molecule has 1 aliphatic carbocycles. The van der Waals surface area contributed by atoms with Gasteiger partial charge in [0, 0.05) is 23.7 Å². The van der Waals surface area contributed by atoms with Gasteiger partial charge in [0.2, 0.25) is 6.10 Å². The van der Waals surface area contributed by atoms with Gasteiger partial charge in [0.15, 0.2) is 0 Å². The van der Waals surface area contributed by atoms with Crippen LogP contribution in [0.1, 0.15) is 34.9 Å². The van der Waals surface area contributed by atoms with Crippen LogP contribution in [0.3, 0.4) is 0 Å². The molecule has 0 spiro atoms. The van der Waals surface area contributed by atoms with Crippen LogP contribution < -0.4 is 11.1 Å². The van der Waals surface area contributed by atoms with E-state index < -0.39 is 22.9 Å². The van der Waals surface area contributed by atoms with Crippen molar-refractivity contribution in [2.75, 3.05) is 5.73 Å². The number of esters is 1. The van der Waals surface area contributed by atoms with Gasteiger partial charge in [-0.2, -0.15) is 0 Å². The highest BCUT2D eigenvalue weighted by molar-refractivity contribution is 5.97. The van der Waals surface area contributed by atoms with Crippen LogP contribution >= 0.6 is 0 Å². The number of amides is 1. The minimum Gasteiger partial charge on any atom is -0.444 e. The number of nitro benzene ring substituents is 1. The van der Waals surface area contributed by atoms with E-state index in [1.807, 2.05) is 0 Å². The van der Waals surface area contributed by atoms with Gasteiger partial charge >= 0.3 is 5.97 Å². The maximum Gasteiger partial charge on any atom is 0.341 e. The Morgan fingerprint density at radius 1 is 1.19 bits per heavy atom. The number of non-ortho nitro benzene ring substituents is 1. The molecule has 1 amide bonds. The van der Waals surface area contributed by atoms with E-state index in [1.165, 1.54) is 6.07 Å². The highest BCUT2D eigenvalue weighted by atomic mass is 16.6. The van der Waals surface area contributed by atoms with Gasteiger partial charge in [0.25, 0.3) is 11.6 Å². The molecule has 3 rings (SSSR count). The lowest BCUT2D eigenvalue weighted by Crippen LogP contribution is -2.33. The van der Waals surface area contributed by atoms with Crippen molar-refractivity contribution < 1.29 is 19.2 Å². The summed E-state index contributed by atoms with van der Waals surface area (Å²) in [6, 6.07) is 12.2. The van der Waals surface area contributed by atoms with Crippen molar-refractivity contribution >= 4 is 23.3 Å². The number of ether oxygens (including phenoxy) is 1. The van der Waals surface area contributed by atoms with E-state index in [2.05, 4.69) is 5.32 Å². The summed E-state index contributed by atoms with van der Waals surface area (Å²) in [5.74, 6) is -1.23. The highest BCUT2D eigenvalue weighted by Crippen LogP contribution is 2.26. The Hall–Kier alpha value is -3.42. The molecule has 2 aromatic rings. The van der Waals surface area contributed by atoms with Gasteiger partial charge in [0.1, 0.15) is 0 Å². The van der Waals surface area contributed by atoms with E-state index in [4.69, 9.17) is 10.5 Å². The molecule has 0 aromatic heterocycles. The summed E-state index contributed by atoms with van der Waals surface area (Å²) in [6.07, 6.45) is 0.673. The molecule has 0 bridgehead atoms. The first-order valence-electron chi connectivity index (χ1n) is 8.06. The molecule has 3 N–H and O–H groups in total. The minimum absolute atomic E-state index is 0.0317. The lowest BCUT2D eigenvalue weighted by Gasteiger charge is -2.18. The van der Waals surface area contributed by atoms with Crippen LogP contribution in [0, 0.1) is 10.1 Å². The topological polar surface area (TPSA) is 125 Å². The molecular formula is C18H17N3O5. The van der Waals surface area contributed by atoms with Crippen molar-refractivity contribution in [2.24, 2.45) is 0 Å². The third-order valence-electron chi connectivity index (χ3n) is 3.95. The summed E-state index contributed by atoms with van der Waals surface area (Å²) >= 11 is 0. The van der Waals surface area contributed by atoms with Crippen LogP contribution in [0.25, 0.3) is 0 Å². The number of nitro groups is 1. The third kappa shape index (κ3) is 3.97. The zero-order valence-corrected chi connectivity index (χ0v) is 13.8. The monoisotopic (exact) mass is 355 g/mol. The third-order valence-corrected chi connectivity index (χ3v) is 3.95. The molecule has 0 aliphatic heterocycles. The van der Waals surface area contributed by atoms with Crippen molar-refractivity contribution in [1.29, 1.82) is 0 Å².